The van der Waals surface area contributed by atoms with Crippen molar-refractivity contribution >= 4 is 32.8 Å². The van der Waals surface area contributed by atoms with Crippen LogP contribution in [0.4, 0.5) is 0 Å². The first-order valence-corrected chi connectivity index (χ1v) is 12.0. The van der Waals surface area contributed by atoms with E-state index in [-0.39, 0.29) is 6.04 Å². The number of aliphatic carboxylic acids is 1. The number of hydrogen-bond acceptors (Lipinski definition) is 3. The fourth-order valence-corrected chi connectivity index (χ4v) is 5.33. The Balaban J connectivity index is 1.40. The number of nitrogens with zero attached hydrogens (tertiary/aromatic N) is 2. The van der Waals surface area contributed by atoms with Gasteiger partial charge in [0.1, 0.15) is 6.04 Å². The van der Waals surface area contributed by atoms with Gasteiger partial charge in [-0.05, 0) is 23.3 Å². The average molecular weight is 504 g/mol. The van der Waals surface area contributed by atoms with E-state index in [4.69, 9.17) is 0 Å². The Morgan fingerprint density at radius 1 is 0.848 bits per heavy atom. The highest BCUT2D eigenvalue weighted by Gasteiger charge is 2.34. The molecule has 1 atom stereocenters. The standard InChI is InChI=1S/C27H26BrN3O2/c28-21-11-12-22-23(18-29-24(22)17-21)26(27(32)33)31-15-13-30(14-16-31)25(19-7-3-1-4-8-19)20-9-5-2-6-10-20/h1-12,17-18,25-26,29H,13-16H2,(H,32,33)/t26-/m0/s1. The lowest BCUT2D eigenvalue weighted by Gasteiger charge is -2.41. The van der Waals surface area contributed by atoms with Crippen LogP contribution in [0.15, 0.2) is 89.5 Å². The minimum Gasteiger partial charge on any atom is -0.480 e. The Morgan fingerprint density at radius 3 is 2.00 bits per heavy atom. The Bertz CT molecular complexity index is 1190. The summed E-state index contributed by atoms with van der Waals surface area (Å²) in [5.41, 5.74) is 4.28. The van der Waals surface area contributed by atoms with E-state index in [0.29, 0.717) is 13.1 Å². The Hall–Kier alpha value is -2.93. The molecule has 33 heavy (non-hydrogen) atoms. The zero-order chi connectivity index (χ0) is 22.8. The third-order valence-electron chi connectivity index (χ3n) is 6.51. The summed E-state index contributed by atoms with van der Waals surface area (Å²) in [5, 5.41) is 11.1. The van der Waals surface area contributed by atoms with Crippen LogP contribution in [-0.2, 0) is 4.79 Å². The summed E-state index contributed by atoms with van der Waals surface area (Å²) in [6, 6.07) is 26.5. The maximum atomic E-state index is 12.4. The molecule has 2 heterocycles. The molecule has 6 heteroatoms. The molecule has 4 aromatic rings. The molecular formula is C27H26BrN3O2. The predicted molar refractivity (Wildman–Crippen MR) is 134 cm³/mol. The normalized spacial score (nSPS) is 16.3. The highest BCUT2D eigenvalue weighted by molar-refractivity contribution is 9.10. The van der Waals surface area contributed by atoms with Crippen molar-refractivity contribution in [3.8, 4) is 0 Å². The molecule has 1 saturated heterocycles. The summed E-state index contributed by atoms with van der Waals surface area (Å²) < 4.78 is 0.969. The summed E-state index contributed by atoms with van der Waals surface area (Å²) in [6.45, 7) is 2.98. The number of nitrogens with one attached hydrogen (secondary N) is 1. The van der Waals surface area contributed by atoms with E-state index in [2.05, 4.69) is 79.2 Å². The van der Waals surface area contributed by atoms with Gasteiger partial charge < -0.3 is 10.1 Å². The van der Waals surface area contributed by atoms with E-state index in [1.807, 2.05) is 36.5 Å². The van der Waals surface area contributed by atoms with Crippen LogP contribution in [0.25, 0.3) is 10.9 Å². The fourth-order valence-electron chi connectivity index (χ4n) is 4.97. The van der Waals surface area contributed by atoms with Gasteiger partial charge in [-0.25, -0.2) is 0 Å². The molecule has 0 spiro atoms. The number of carboxylic acids is 1. The van der Waals surface area contributed by atoms with Crippen molar-refractivity contribution in [1.29, 1.82) is 0 Å². The molecular weight excluding hydrogens is 478 g/mol. The van der Waals surface area contributed by atoms with E-state index in [9.17, 15) is 9.90 Å². The van der Waals surface area contributed by atoms with Crippen molar-refractivity contribution < 1.29 is 9.90 Å². The highest BCUT2D eigenvalue weighted by Crippen LogP contribution is 2.34. The van der Waals surface area contributed by atoms with Gasteiger partial charge in [-0.3, -0.25) is 14.6 Å². The van der Waals surface area contributed by atoms with E-state index < -0.39 is 12.0 Å². The first kappa shape index (κ1) is 21.9. The number of benzene rings is 3. The van der Waals surface area contributed by atoms with Crippen molar-refractivity contribution in [3.63, 3.8) is 0 Å². The Labute approximate surface area is 201 Å². The maximum Gasteiger partial charge on any atom is 0.325 e. The van der Waals surface area contributed by atoms with Crippen LogP contribution in [0, 0.1) is 0 Å². The van der Waals surface area contributed by atoms with Gasteiger partial charge >= 0.3 is 5.97 Å². The number of carboxylic acid groups (broad SMARTS) is 1. The van der Waals surface area contributed by atoms with Gasteiger partial charge in [0.15, 0.2) is 0 Å². The van der Waals surface area contributed by atoms with Gasteiger partial charge in [0.25, 0.3) is 0 Å². The second-order valence-corrected chi connectivity index (χ2v) is 9.39. The SMILES string of the molecule is O=C(O)[C@H](c1c[nH]c2cc(Br)ccc12)N1CCN(C(c2ccccc2)c2ccccc2)CC1. The first-order chi connectivity index (χ1) is 16.1. The van der Waals surface area contributed by atoms with Gasteiger partial charge in [0, 0.05) is 53.3 Å². The van der Waals surface area contributed by atoms with E-state index in [1.54, 1.807) is 0 Å². The summed E-state index contributed by atoms with van der Waals surface area (Å²) in [5.74, 6) is -0.810. The number of carbonyl (C=O) groups is 1. The van der Waals surface area contributed by atoms with Crippen LogP contribution in [0.2, 0.25) is 0 Å². The molecule has 0 amide bonds. The van der Waals surface area contributed by atoms with Gasteiger partial charge in [-0.2, -0.15) is 0 Å². The summed E-state index contributed by atoms with van der Waals surface area (Å²) in [7, 11) is 0. The zero-order valence-corrected chi connectivity index (χ0v) is 19.8. The van der Waals surface area contributed by atoms with Crippen molar-refractivity contribution in [3.05, 3.63) is 106 Å². The lowest BCUT2D eigenvalue weighted by molar-refractivity contribution is -0.144. The van der Waals surface area contributed by atoms with Gasteiger partial charge in [0.2, 0.25) is 0 Å². The topological polar surface area (TPSA) is 59.6 Å². The number of hydrogen-bond donors (Lipinski definition) is 2. The third-order valence-corrected chi connectivity index (χ3v) is 7.01. The summed E-state index contributed by atoms with van der Waals surface area (Å²) in [6.07, 6.45) is 1.85. The predicted octanol–water partition coefficient (Wildman–Crippen LogP) is 5.46. The van der Waals surface area contributed by atoms with Crippen molar-refractivity contribution in [2.24, 2.45) is 0 Å². The molecule has 5 rings (SSSR count). The number of aromatic nitrogens is 1. The monoisotopic (exact) mass is 503 g/mol. The minimum atomic E-state index is -0.810. The molecule has 0 unspecified atom stereocenters. The molecule has 0 bridgehead atoms. The van der Waals surface area contributed by atoms with Crippen LogP contribution >= 0.6 is 15.9 Å². The number of H-pyrrole nitrogens is 1. The first-order valence-electron chi connectivity index (χ1n) is 11.2. The van der Waals surface area contributed by atoms with Crippen LogP contribution in [0.3, 0.4) is 0 Å². The third kappa shape index (κ3) is 4.47. The Morgan fingerprint density at radius 2 is 1.42 bits per heavy atom. The number of rotatable bonds is 6. The van der Waals surface area contributed by atoms with Crippen LogP contribution in [-0.4, -0.2) is 52.0 Å². The van der Waals surface area contributed by atoms with E-state index >= 15 is 0 Å². The average Bonchev–Trinajstić information content (AvgIpc) is 3.24. The summed E-state index contributed by atoms with van der Waals surface area (Å²) in [4.78, 5) is 20.2. The molecule has 1 aliphatic rings. The van der Waals surface area contributed by atoms with Crippen LogP contribution in [0.5, 0.6) is 0 Å². The number of aromatic amines is 1. The van der Waals surface area contributed by atoms with Gasteiger partial charge in [-0.1, -0.05) is 82.7 Å². The van der Waals surface area contributed by atoms with Crippen LogP contribution in [0.1, 0.15) is 28.8 Å². The van der Waals surface area contributed by atoms with Crippen molar-refractivity contribution in [1.82, 2.24) is 14.8 Å². The molecule has 0 radical (unpaired) electrons. The molecule has 1 aliphatic heterocycles. The van der Waals surface area contributed by atoms with Crippen molar-refractivity contribution in [2.75, 3.05) is 26.2 Å². The number of halogens is 1. The smallest absolute Gasteiger partial charge is 0.325 e. The number of fused-ring (bicyclic) bond motifs is 1. The van der Waals surface area contributed by atoms with E-state index in [1.165, 1.54) is 11.1 Å². The second kappa shape index (κ2) is 9.51. The fraction of sp³-hybridized carbons (Fsp3) is 0.222. The van der Waals surface area contributed by atoms with Crippen LogP contribution < -0.4 is 0 Å². The minimum absolute atomic E-state index is 0.156. The molecule has 1 fully saturated rings. The van der Waals surface area contributed by atoms with Gasteiger partial charge in [-0.15, -0.1) is 0 Å². The molecule has 1 aromatic heterocycles. The maximum absolute atomic E-state index is 12.4. The molecule has 0 saturated carbocycles. The lowest BCUT2D eigenvalue weighted by Crippen LogP contribution is -2.50. The molecule has 3 aromatic carbocycles. The largest absolute Gasteiger partial charge is 0.480 e. The summed E-state index contributed by atoms with van der Waals surface area (Å²) >= 11 is 3.49. The van der Waals surface area contributed by atoms with Crippen molar-refractivity contribution in [2.45, 2.75) is 12.1 Å². The number of piperazine rings is 1. The Kier molecular flexibility index (Phi) is 6.31. The zero-order valence-electron chi connectivity index (χ0n) is 18.2. The van der Waals surface area contributed by atoms with Gasteiger partial charge in [0.05, 0.1) is 6.04 Å². The lowest BCUT2D eigenvalue weighted by atomic mass is 9.96. The van der Waals surface area contributed by atoms with E-state index in [0.717, 1.165) is 34.0 Å². The molecule has 168 valence electrons. The molecule has 5 nitrogen and oxygen atoms in total. The highest BCUT2D eigenvalue weighted by atomic mass is 79.9. The quantitative estimate of drug-likeness (QED) is 0.366. The second-order valence-electron chi connectivity index (χ2n) is 8.47. The molecule has 2 N–H and O–H groups in total. The molecule has 0 aliphatic carbocycles.